The summed E-state index contributed by atoms with van der Waals surface area (Å²) in [6, 6.07) is 43.9. The second kappa shape index (κ2) is 12.9. The third-order valence-electron chi connectivity index (χ3n) is 13.0. The molecule has 3 atom stereocenters. The van der Waals surface area contributed by atoms with Crippen molar-refractivity contribution in [3.05, 3.63) is 191 Å². The lowest BCUT2D eigenvalue weighted by atomic mass is 9.62. The predicted octanol–water partition coefficient (Wildman–Crippen LogP) is 15.3. The molecule has 0 N–H and O–H groups in total. The van der Waals surface area contributed by atoms with Gasteiger partial charge in [-0.15, -0.1) is 22.7 Å². The van der Waals surface area contributed by atoms with Crippen molar-refractivity contribution < 1.29 is 0 Å². The lowest BCUT2D eigenvalue weighted by Crippen LogP contribution is -2.30. The molecule has 4 heteroatoms. The maximum Gasteiger partial charge on any atom is 0.0538 e. The summed E-state index contributed by atoms with van der Waals surface area (Å²) in [6.07, 6.45) is 20.7. The minimum absolute atomic E-state index is 0.194. The fraction of sp³-hybridized carbons (Fsp3) is 0.111. The van der Waals surface area contributed by atoms with E-state index in [1.807, 2.05) is 47.5 Å². The molecule has 0 bridgehead atoms. The highest BCUT2D eigenvalue weighted by Crippen LogP contribution is 2.55. The van der Waals surface area contributed by atoms with Crippen molar-refractivity contribution in [3.8, 4) is 44.5 Å². The van der Waals surface area contributed by atoms with E-state index in [-0.39, 0.29) is 11.3 Å². The van der Waals surface area contributed by atoms with Gasteiger partial charge in [0.25, 0.3) is 0 Å². The zero-order chi connectivity index (χ0) is 38.5. The molecule has 58 heavy (non-hydrogen) atoms. The number of aromatic nitrogens is 2. The van der Waals surface area contributed by atoms with Crippen molar-refractivity contribution in [2.24, 2.45) is 0 Å². The van der Waals surface area contributed by atoms with Gasteiger partial charge in [-0.05, 0) is 133 Å². The minimum atomic E-state index is -0.253. The molecule has 276 valence electrons. The molecule has 3 unspecified atom stereocenters. The number of rotatable bonds is 3. The molecule has 5 aromatic carbocycles. The highest BCUT2D eigenvalue weighted by atomic mass is 32.1. The molecule has 4 heterocycles. The zero-order valence-electron chi connectivity index (χ0n) is 32.2. The zero-order valence-corrected chi connectivity index (χ0v) is 33.9. The fourth-order valence-electron chi connectivity index (χ4n) is 10.2. The first-order valence-electron chi connectivity index (χ1n) is 20.2. The van der Waals surface area contributed by atoms with Gasteiger partial charge in [0.2, 0.25) is 0 Å². The van der Waals surface area contributed by atoms with Gasteiger partial charge < -0.3 is 0 Å². The Hall–Kier alpha value is -6.20. The largest absolute Gasteiger partial charge is 0.263 e. The third-order valence-corrected chi connectivity index (χ3v) is 15.5. The van der Waals surface area contributed by atoms with Gasteiger partial charge in [-0.2, -0.15) is 0 Å². The van der Waals surface area contributed by atoms with Crippen LogP contribution in [0.25, 0.3) is 86.4 Å². The van der Waals surface area contributed by atoms with Gasteiger partial charge in [-0.3, -0.25) is 9.97 Å². The monoisotopic (exact) mass is 778 g/mol. The van der Waals surface area contributed by atoms with E-state index in [0.29, 0.717) is 5.92 Å². The molecule has 3 aliphatic carbocycles. The second-order valence-electron chi connectivity index (χ2n) is 16.4. The topological polar surface area (TPSA) is 25.8 Å². The summed E-state index contributed by atoms with van der Waals surface area (Å²) in [5, 5.41) is 3.86. The molecule has 0 amide bonds. The van der Waals surface area contributed by atoms with Crippen molar-refractivity contribution in [1.29, 1.82) is 0 Å². The number of pyridine rings is 2. The second-order valence-corrected chi connectivity index (χ2v) is 18.5. The van der Waals surface area contributed by atoms with Gasteiger partial charge in [-0.25, -0.2) is 0 Å². The van der Waals surface area contributed by atoms with Crippen molar-refractivity contribution in [1.82, 2.24) is 9.97 Å². The number of allylic oxidation sites excluding steroid dienone is 5. The summed E-state index contributed by atoms with van der Waals surface area (Å²) in [5.41, 5.74) is 16.7. The van der Waals surface area contributed by atoms with E-state index in [2.05, 4.69) is 169 Å². The molecule has 0 aliphatic heterocycles. The molecule has 12 rings (SSSR count). The van der Waals surface area contributed by atoms with E-state index in [0.717, 1.165) is 6.42 Å². The Labute approximate surface area is 346 Å². The van der Waals surface area contributed by atoms with Crippen molar-refractivity contribution in [3.63, 3.8) is 0 Å². The van der Waals surface area contributed by atoms with Crippen LogP contribution in [0.3, 0.4) is 0 Å². The van der Waals surface area contributed by atoms with Gasteiger partial charge in [0.05, 0.1) is 9.40 Å². The smallest absolute Gasteiger partial charge is 0.0538 e. The van der Waals surface area contributed by atoms with Crippen LogP contribution in [0.15, 0.2) is 164 Å². The third kappa shape index (κ3) is 5.08. The molecule has 2 nitrogen and oxygen atoms in total. The summed E-state index contributed by atoms with van der Waals surface area (Å²) in [4.78, 5) is 10.4. The van der Waals surface area contributed by atoms with Crippen LogP contribution in [0.5, 0.6) is 0 Å². The summed E-state index contributed by atoms with van der Waals surface area (Å²) in [7, 11) is 0. The first kappa shape index (κ1) is 33.9. The standard InChI is InChI=1S/C54H38N2S2/c1-32-24-34(29-46-43-20-23-56-31-51(43)58-53(32)46)36-25-35(33-17-18-49-45(28-33)42-19-22-55-30-50(42)57-49)26-37(27-36)38-14-9-16-48-52(38)44-13-6-4-11-40(44)39-10-3-5-12-41(39)47-15-7-8-21-54(47,48)2/h3-23,25-32,47H,24H2,1-2H3. The van der Waals surface area contributed by atoms with Gasteiger partial charge in [0.15, 0.2) is 0 Å². The molecule has 9 aromatic rings. The normalized spacial score (nSPS) is 19.2. The average molecular weight is 779 g/mol. The quantitative estimate of drug-likeness (QED) is 0.179. The van der Waals surface area contributed by atoms with Crippen LogP contribution in [0.1, 0.15) is 59.2 Å². The van der Waals surface area contributed by atoms with E-state index >= 15 is 0 Å². The average Bonchev–Trinajstić information content (AvgIpc) is 3.84. The van der Waals surface area contributed by atoms with Crippen LogP contribution in [0, 0.1) is 0 Å². The molecule has 0 spiro atoms. The van der Waals surface area contributed by atoms with E-state index in [1.54, 1.807) is 0 Å². The first-order chi connectivity index (χ1) is 28.5. The molecule has 0 fully saturated rings. The summed E-state index contributed by atoms with van der Waals surface area (Å²) >= 11 is 3.72. The fourth-order valence-corrected chi connectivity index (χ4v) is 12.5. The Bertz CT molecular complexity index is 3260. The van der Waals surface area contributed by atoms with E-state index in [1.165, 1.54) is 107 Å². The van der Waals surface area contributed by atoms with Gasteiger partial charge in [0, 0.05) is 61.9 Å². The number of nitrogens with zero attached hydrogens (tertiary/aromatic N) is 2. The molecule has 3 aliphatic rings. The number of hydrogen-bond donors (Lipinski definition) is 0. The lowest BCUT2D eigenvalue weighted by Gasteiger charge is -2.41. The summed E-state index contributed by atoms with van der Waals surface area (Å²) < 4.78 is 3.78. The van der Waals surface area contributed by atoms with Crippen LogP contribution in [-0.2, 0) is 5.41 Å². The van der Waals surface area contributed by atoms with Crippen LogP contribution in [0.4, 0.5) is 0 Å². The molecule has 0 radical (unpaired) electrons. The Morgan fingerprint density at radius 1 is 0.603 bits per heavy atom. The number of benzene rings is 5. The highest BCUT2D eigenvalue weighted by Gasteiger charge is 2.40. The maximum absolute atomic E-state index is 4.47. The van der Waals surface area contributed by atoms with Crippen molar-refractivity contribution in [2.45, 2.75) is 37.5 Å². The first-order valence-corrected chi connectivity index (χ1v) is 21.8. The van der Waals surface area contributed by atoms with E-state index in [9.17, 15) is 0 Å². The number of hydrogen-bond acceptors (Lipinski definition) is 4. The molecule has 4 aromatic heterocycles. The van der Waals surface area contributed by atoms with Gasteiger partial charge >= 0.3 is 0 Å². The molecule has 0 saturated heterocycles. The van der Waals surface area contributed by atoms with Gasteiger partial charge in [-0.1, -0.05) is 111 Å². The van der Waals surface area contributed by atoms with Crippen molar-refractivity contribution >= 4 is 64.6 Å². The molecule has 0 saturated carbocycles. The number of thiophene rings is 2. The Kier molecular flexibility index (Phi) is 7.54. The van der Waals surface area contributed by atoms with E-state index in [4.69, 9.17) is 0 Å². The summed E-state index contributed by atoms with van der Waals surface area (Å²) in [6.45, 7) is 4.83. The lowest BCUT2D eigenvalue weighted by molar-refractivity contribution is 0.526. The number of fused-ring (bicyclic) bond motifs is 14. The van der Waals surface area contributed by atoms with E-state index < -0.39 is 0 Å². The highest BCUT2D eigenvalue weighted by molar-refractivity contribution is 7.25. The summed E-state index contributed by atoms with van der Waals surface area (Å²) in [5.74, 6) is 0.604. The minimum Gasteiger partial charge on any atom is -0.263 e. The Balaban J connectivity index is 1.14. The predicted molar refractivity (Wildman–Crippen MR) is 248 cm³/mol. The maximum atomic E-state index is 4.47. The molecular formula is C54H38N2S2. The Morgan fingerprint density at radius 2 is 1.34 bits per heavy atom. The van der Waals surface area contributed by atoms with Crippen LogP contribution in [0.2, 0.25) is 0 Å². The van der Waals surface area contributed by atoms with Crippen molar-refractivity contribution in [2.75, 3.05) is 0 Å². The Morgan fingerprint density at radius 3 is 2.22 bits per heavy atom. The SMILES string of the molecule is CC1CC(c2cc(-c3ccc4sc5cnccc5c4c3)cc(-c3cccc4c3-c3ccccc3-c3ccccc3C3C=CC=CC43C)c2)=Cc2c1sc1cnccc21. The van der Waals surface area contributed by atoms with Gasteiger partial charge in [0.1, 0.15) is 0 Å². The van der Waals surface area contributed by atoms with Crippen LogP contribution < -0.4 is 0 Å². The molecular weight excluding hydrogens is 741 g/mol. The van der Waals surface area contributed by atoms with Crippen LogP contribution >= 0.6 is 22.7 Å². The van der Waals surface area contributed by atoms with Crippen LogP contribution in [-0.4, -0.2) is 9.97 Å².